The third kappa shape index (κ3) is 7.45. The third-order valence-electron chi connectivity index (χ3n) is 6.47. The van der Waals surface area contributed by atoms with Crippen LogP contribution < -0.4 is 32.1 Å². The quantitative estimate of drug-likeness (QED) is 0.128. The second kappa shape index (κ2) is 13.6. The number of aryl methyl sites for hydroxylation is 2. The van der Waals surface area contributed by atoms with Gasteiger partial charge in [-0.05, 0) is 55.8 Å². The lowest BCUT2D eigenvalue weighted by Gasteiger charge is -2.35. The molecular weight excluding hydrogens is 468 g/mol. The molecule has 1 fully saturated rings. The fraction of sp³-hybridized carbons (Fsp3) is 0.407. The maximum atomic E-state index is 13.7. The molecule has 200 valence electrons. The van der Waals surface area contributed by atoms with Gasteiger partial charge in [0.05, 0.1) is 18.8 Å². The number of carbonyl (C=O) groups is 1. The highest BCUT2D eigenvalue weighted by Crippen LogP contribution is 2.26. The lowest BCUT2D eigenvalue weighted by Crippen LogP contribution is -2.46. The van der Waals surface area contributed by atoms with Gasteiger partial charge in [-0.3, -0.25) is 4.99 Å². The molecule has 0 saturated carbocycles. The van der Waals surface area contributed by atoms with Crippen molar-refractivity contribution in [2.75, 3.05) is 68.1 Å². The molecule has 0 radical (unpaired) electrons. The molecule has 0 bridgehead atoms. The Kier molecular flexibility index (Phi) is 10.3. The van der Waals surface area contributed by atoms with Gasteiger partial charge in [0.15, 0.2) is 0 Å². The number of amides is 2. The van der Waals surface area contributed by atoms with Gasteiger partial charge < -0.3 is 31.0 Å². The zero-order valence-electron chi connectivity index (χ0n) is 22.3. The zero-order chi connectivity index (χ0) is 26.8. The highest BCUT2D eigenvalue weighted by Gasteiger charge is 2.23. The molecule has 2 aromatic carbocycles. The van der Waals surface area contributed by atoms with E-state index in [2.05, 4.69) is 32.5 Å². The number of hydrazine groups is 1. The second-order valence-corrected chi connectivity index (χ2v) is 8.94. The van der Waals surface area contributed by atoms with Crippen LogP contribution in [0.4, 0.5) is 21.9 Å². The number of anilines is 3. The first-order chi connectivity index (χ1) is 17.9. The fourth-order valence-electron chi connectivity index (χ4n) is 4.30. The summed E-state index contributed by atoms with van der Waals surface area (Å²) in [5.41, 5.74) is 13.1. The van der Waals surface area contributed by atoms with Gasteiger partial charge >= 0.3 is 6.03 Å². The summed E-state index contributed by atoms with van der Waals surface area (Å²) >= 11 is 0. The highest BCUT2D eigenvalue weighted by atomic mass is 16.5. The number of nitrogens with zero attached hydrogens (tertiary/aromatic N) is 4. The topological polar surface area (TPSA) is 124 Å². The number of hydrogen-bond donors (Lipinski definition) is 4. The number of amidine groups is 1. The SMILES string of the molecule is CCN1CCN(c2ccc(N(C(=O)Nc3c(C)cccc3C)/C(=C/C(N)=NCCOC)NN)cc2)CC1. The molecule has 0 atom stereocenters. The minimum Gasteiger partial charge on any atom is -0.384 e. The average molecular weight is 509 g/mol. The molecule has 0 unspecified atom stereocenters. The first-order valence-electron chi connectivity index (χ1n) is 12.6. The van der Waals surface area contributed by atoms with Crippen molar-refractivity contribution in [1.82, 2.24) is 10.3 Å². The number of para-hydroxylation sites is 1. The number of carbonyl (C=O) groups excluding carboxylic acids is 1. The predicted octanol–water partition coefficient (Wildman–Crippen LogP) is 2.79. The van der Waals surface area contributed by atoms with Gasteiger partial charge in [-0.1, -0.05) is 25.1 Å². The summed E-state index contributed by atoms with van der Waals surface area (Å²) < 4.78 is 5.04. The third-order valence-corrected chi connectivity index (χ3v) is 6.47. The normalized spacial score (nSPS) is 15.0. The molecule has 0 aromatic heterocycles. The molecule has 3 rings (SSSR count). The number of nitrogens with one attached hydrogen (secondary N) is 2. The average Bonchev–Trinajstić information content (AvgIpc) is 2.91. The van der Waals surface area contributed by atoms with Crippen molar-refractivity contribution in [2.24, 2.45) is 16.6 Å². The van der Waals surface area contributed by atoms with Crippen LogP contribution in [0.25, 0.3) is 0 Å². The molecule has 37 heavy (non-hydrogen) atoms. The maximum Gasteiger partial charge on any atom is 0.332 e. The Morgan fingerprint density at radius 1 is 1.11 bits per heavy atom. The van der Waals surface area contributed by atoms with Crippen molar-refractivity contribution in [3.63, 3.8) is 0 Å². The number of ether oxygens (including phenoxy) is 1. The number of nitrogens with two attached hydrogens (primary N) is 2. The molecule has 1 saturated heterocycles. The summed E-state index contributed by atoms with van der Waals surface area (Å²) in [6.45, 7) is 12.0. The summed E-state index contributed by atoms with van der Waals surface area (Å²) in [6, 6.07) is 13.4. The van der Waals surface area contributed by atoms with Crippen LogP contribution in [0.15, 0.2) is 59.4 Å². The Labute approximate surface area is 219 Å². The van der Waals surface area contributed by atoms with E-state index in [1.165, 1.54) is 11.0 Å². The molecule has 6 N–H and O–H groups in total. The van der Waals surface area contributed by atoms with Gasteiger partial charge in [-0.2, -0.15) is 0 Å². The lowest BCUT2D eigenvalue weighted by atomic mass is 10.1. The Hall–Kier alpha value is -3.60. The Morgan fingerprint density at radius 3 is 2.32 bits per heavy atom. The van der Waals surface area contributed by atoms with Crippen molar-refractivity contribution in [3.8, 4) is 0 Å². The van der Waals surface area contributed by atoms with Crippen molar-refractivity contribution in [1.29, 1.82) is 0 Å². The van der Waals surface area contributed by atoms with Crippen LogP contribution >= 0.6 is 0 Å². The number of benzene rings is 2. The minimum absolute atomic E-state index is 0.222. The van der Waals surface area contributed by atoms with E-state index in [4.69, 9.17) is 16.3 Å². The molecule has 1 aliphatic rings. The van der Waals surface area contributed by atoms with Gasteiger partial charge in [-0.15, -0.1) is 0 Å². The minimum atomic E-state index is -0.379. The smallest absolute Gasteiger partial charge is 0.332 e. The Bertz CT molecular complexity index is 1070. The summed E-state index contributed by atoms with van der Waals surface area (Å²) in [5, 5.41) is 3.04. The van der Waals surface area contributed by atoms with Gasteiger partial charge in [0.25, 0.3) is 0 Å². The van der Waals surface area contributed by atoms with Crippen LogP contribution in [0.1, 0.15) is 18.1 Å². The fourth-order valence-corrected chi connectivity index (χ4v) is 4.30. The number of likely N-dealkylation sites (N-methyl/N-ethyl adjacent to an activating group) is 1. The van der Waals surface area contributed by atoms with Crippen LogP contribution in [0.3, 0.4) is 0 Å². The van der Waals surface area contributed by atoms with Gasteiger partial charge in [0.1, 0.15) is 11.7 Å². The molecule has 0 spiro atoms. The van der Waals surface area contributed by atoms with E-state index >= 15 is 0 Å². The number of aliphatic imine (C=N–C) groups is 1. The number of urea groups is 1. The van der Waals surface area contributed by atoms with E-state index < -0.39 is 0 Å². The van der Waals surface area contributed by atoms with E-state index in [-0.39, 0.29) is 17.7 Å². The van der Waals surface area contributed by atoms with Crippen LogP contribution in [0, 0.1) is 13.8 Å². The Balaban J connectivity index is 1.92. The van der Waals surface area contributed by atoms with E-state index in [9.17, 15) is 4.79 Å². The number of hydrogen-bond acceptors (Lipinski definition) is 7. The number of rotatable bonds is 10. The molecular formula is C27H40N8O2. The summed E-state index contributed by atoms with van der Waals surface area (Å²) in [7, 11) is 1.60. The van der Waals surface area contributed by atoms with Gasteiger partial charge in [0, 0.05) is 50.7 Å². The molecule has 1 aliphatic heterocycles. The predicted molar refractivity (Wildman–Crippen MR) is 152 cm³/mol. The number of piperazine rings is 1. The van der Waals surface area contributed by atoms with Crippen LogP contribution in [0.5, 0.6) is 0 Å². The van der Waals surface area contributed by atoms with Crippen molar-refractivity contribution in [3.05, 3.63) is 65.5 Å². The largest absolute Gasteiger partial charge is 0.384 e. The summed E-state index contributed by atoms with van der Waals surface area (Å²) in [5.74, 6) is 6.40. The van der Waals surface area contributed by atoms with Crippen molar-refractivity contribution >= 4 is 28.9 Å². The van der Waals surface area contributed by atoms with Crippen LogP contribution in [-0.2, 0) is 4.74 Å². The number of methoxy groups -OCH3 is 1. The van der Waals surface area contributed by atoms with Gasteiger partial charge in [-0.25, -0.2) is 15.5 Å². The Morgan fingerprint density at radius 2 is 1.76 bits per heavy atom. The lowest BCUT2D eigenvalue weighted by molar-refractivity contribution is 0.208. The second-order valence-electron chi connectivity index (χ2n) is 8.94. The standard InChI is InChI=1S/C27H40N8O2/c1-5-33-14-16-34(17-15-33)22-9-11-23(12-10-22)35(25(32-29)19-24(28)30-13-18-37-4)27(36)31-26-20(2)7-6-8-21(26)3/h6-12,19,32H,5,13-18,29H2,1-4H3,(H2,28,30)(H,31,36)/b25-19+. The molecule has 1 heterocycles. The highest BCUT2D eigenvalue weighted by molar-refractivity contribution is 6.06. The van der Waals surface area contributed by atoms with Crippen LogP contribution in [-0.4, -0.2) is 69.8 Å². The van der Waals surface area contributed by atoms with E-state index in [0.717, 1.165) is 55.2 Å². The zero-order valence-corrected chi connectivity index (χ0v) is 22.3. The van der Waals surface area contributed by atoms with Crippen molar-refractivity contribution < 1.29 is 9.53 Å². The van der Waals surface area contributed by atoms with Crippen molar-refractivity contribution in [2.45, 2.75) is 20.8 Å². The monoisotopic (exact) mass is 508 g/mol. The van der Waals surface area contributed by atoms with E-state index in [1.54, 1.807) is 7.11 Å². The molecule has 2 amide bonds. The molecule has 10 nitrogen and oxygen atoms in total. The molecule has 10 heteroatoms. The van der Waals surface area contributed by atoms with Crippen LogP contribution in [0.2, 0.25) is 0 Å². The van der Waals surface area contributed by atoms with E-state index in [0.29, 0.717) is 18.8 Å². The summed E-state index contributed by atoms with van der Waals surface area (Å²) in [4.78, 5) is 24.2. The first-order valence-corrected chi connectivity index (χ1v) is 12.6. The maximum absolute atomic E-state index is 13.7. The molecule has 2 aromatic rings. The summed E-state index contributed by atoms with van der Waals surface area (Å²) in [6.07, 6.45) is 1.54. The first kappa shape index (κ1) is 28.0. The van der Waals surface area contributed by atoms with E-state index in [1.807, 2.05) is 56.3 Å². The molecule has 0 aliphatic carbocycles. The van der Waals surface area contributed by atoms with Gasteiger partial charge in [0.2, 0.25) is 0 Å².